The molecule has 11 heteroatoms. The van der Waals surface area contributed by atoms with Crippen molar-refractivity contribution in [3.8, 4) is 22.9 Å². The van der Waals surface area contributed by atoms with Crippen molar-refractivity contribution in [1.29, 1.82) is 0 Å². The van der Waals surface area contributed by atoms with Crippen molar-refractivity contribution < 1.29 is 4.79 Å². The number of benzene rings is 1. The standard InChI is InChI=1S/C30H26N10O/c1-17-14-22(23(31)16-34-17)30(41)37-24-8-5-18-15-19(6-7-20(18)24)40-28(21-4-2-11-33-27(21)32)36-25-9-10-26(38-29(25)40)39-13-3-12-35-39/h2-4,6-7,9-16,24H,5,8,31H2,1H3,(H2,32,33)(H,37,41)/t24-/m0/s1. The number of anilines is 2. The van der Waals surface area contributed by atoms with E-state index in [0.29, 0.717) is 39.9 Å². The van der Waals surface area contributed by atoms with Crippen molar-refractivity contribution in [2.75, 3.05) is 11.5 Å². The lowest BCUT2D eigenvalue weighted by Crippen LogP contribution is -2.28. The molecule has 1 atom stereocenters. The normalized spacial score (nSPS) is 14.3. The molecule has 1 aliphatic carbocycles. The predicted molar refractivity (Wildman–Crippen MR) is 156 cm³/mol. The SMILES string of the molecule is Cc1cc(C(=O)N[C@H]2CCc3cc(-n4c(-c5cccnc5N)nc5ccc(-n6cccn6)nc54)ccc32)c(N)cn1. The highest BCUT2D eigenvalue weighted by molar-refractivity contribution is 5.99. The van der Waals surface area contributed by atoms with Crippen molar-refractivity contribution in [3.05, 3.63) is 102 Å². The molecule has 11 nitrogen and oxygen atoms in total. The third kappa shape index (κ3) is 4.24. The average molecular weight is 543 g/mol. The molecular weight excluding hydrogens is 516 g/mol. The third-order valence-corrected chi connectivity index (χ3v) is 7.39. The van der Waals surface area contributed by atoms with E-state index in [9.17, 15) is 4.79 Å². The summed E-state index contributed by atoms with van der Waals surface area (Å²) < 4.78 is 3.71. The van der Waals surface area contributed by atoms with E-state index in [4.69, 9.17) is 21.4 Å². The molecule has 5 aromatic heterocycles. The van der Waals surface area contributed by atoms with E-state index in [1.807, 2.05) is 54.1 Å². The largest absolute Gasteiger partial charge is 0.397 e. The molecular formula is C30H26N10O. The summed E-state index contributed by atoms with van der Waals surface area (Å²) in [5, 5.41) is 7.49. The average Bonchev–Trinajstić information content (AvgIpc) is 3.73. The van der Waals surface area contributed by atoms with Crippen LogP contribution >= 0.6 is 0 Å². The van der Waals surface area contributed by atoms with E-state index >= 15 is 0 Å². The van der Waals surface area contributed by atoms with Crippen molar-refractivity contribution in [3.63, 3.8) is 0 Å². The second-order valence-corrected chi connectivity index (χ2v) is 10.0. The highest BCUT2D eigenvalue weighted by Crippen LogP contribution is 2.36. The van der Waals surface area contributed by atoms with Crippen LogP contribution in [-0.2, 0) is 6.42 Å². The lowest BCUT2D eigenvalue weighted by atomic mass is 10.1. The van der Waals surface area contributed by atoms with E-state index in [2.05, 4.69) is 32.5 Å². The monoisotopic (exact) mass is 542 g/mol. The zero-order valence-electron chi connectivity index (χ0n) is 22.2. The summed E-state index contributed by atoms with van der Waals surface area (Å²) in [5.74, 6) is 1.48. The van der Waals surface area contributed by atoms with Crippen molar-refractivity contribution in [2.45, 2.75) is 25.8 Å². The van der Waals surface area contributed by atoms with Crippen LogP contribution < -0.4 is 16.8 Å². The van der Waals surface area contributed by atoms with E-state index < -0.39 is 0 Å². The van der Waals surface area contributed by atoms with Crippen LogP contribution in [0.4, 0.5) is 11.5 Å². The summed E-state index contributed by atoms with van der Waals surface area (Å²) in [7, 11) is 0. The maximum absolute atomic E-state index is 13.1. The van der Waals surface area contributed by atoms with Gasteiger partial charge in [0.15, 0.2) is 17.3 Å². The Hall–Kier alpha value is -5.58. The lowest BCUT2D eigenvalue weighted by molar-refractivity contribution is 0.0937. The third-order valence-electron chi connectivity index (χ3n) is 7.39. The van der Waals surface area contributed by atoms with Crippen molar-refractivity contribution >= 4 is 28.6 Å². The Kier molecular flexibility index (Phi) is 5.70. The fourth-order valence-electron chi connectivity index (χ4n) is 5.41. The minimum atomic E-state index is -0.208. The summed E-state index contributed by atoms with van der Waals surface area (Å²) in [5.41, 5.74) is 19.1. The number of carbonyl (C=O) groups is 1. The molecule has 0 aliphatic heterocycles. The first-order chi connectivity index (χ1) is 20.0. The molecule has 0 spiro atoms. The van der Waals surface area contributed by atoms with Gasteiger partial charge in [0.05, 0.1) is 29.1 Å². The second kappa shape index (κ2) is 9.56. The van der Waals surface area contributed by atoms with Crippen LogP contribution in [0, 0.1) is 6.92 Å². The molecule has 0 saturated carbocycles. The Morgan fingerprint density at radius 2 is 1.93 bits per heavy atom. The Morgan fingerprint density at radius 1 is 1.02 bits per heavy atom. The fourth-order valence-corrected chi connectivity index (χ4v) is 5.41. The van der Waals surface area contributed by atoms with E-state index in [0.717, 1.165) is 40.9 Å². The number of nitrogen functional groups attached to an aromatic ring is 2. The molecule has 5 heterocycles. The van der Waals surface area contributed by atoms with Gasteiger partial charge in [-0.1, -0.05) is 6.07 Å². The highest BCUT2D eigenvalue weighted by Gasteiger charge is 2.27. The number of fused-ring (bicyclic) bond motifs is 2. The number of carbonyl (C=O) groups excluding carboxylic acids is 1. The number of hydrogen-bond donors (Lipinski definition) is 3. The Morgan fingerprint density at radius 3 is 2.76 bits per heavy atom. The maximum atomic E-state index is 13.1. The van der Waals surface area contributed by atoms with Gasteiger partial charge in [-0.15, -0.1) is 0 Å². The first-order valence-electron chi connectivity index (χ1n) is 13.2. The van der Waals surface area contributed by atoms with Gasteiger partial charge < -0.3 is 16.8 Å². The summed E-state index contributed by atoms with van der Waals surface area (Å²) in [6, 6.07) is 17.2. The van der Waals surface area contributed by atoms with Gasteiger partial charge in [0.1, 0.15) is 11.3 Å². The Balaban J connectivity index is 1.31. The Labute approximate surface area is 234 Å². The molecule has 202 valence electrons. The van der Waals surface area contributed by atoms with Crippen LogP contribution in [0.15, 0.2) is 79.4 Å². The van der Waals surface area contributed by atoms with Gasteiger partial charge in [0.25, 0.3) is 5.91 Å². The fraction of sp³-hybridized carbons (Fsp3) is 0.133. The topological polar surface area (TPSA) is 155 Å². The molecule has 5 N–H and O–H groups in total. The van der Waals surface area contributed by atoms with Gasteiger partial charge in [-0.2, -0.15) is 5.10 Å². The van der Waals surface area contributed by atoms with Gasteiger partial charge >= 0.3 is 0 Å². The maximum Gasteiger partial charge on any atom is 0.253 e. The first-order valence-corrected chi connectivity index (χ1v) is 13.2. The van der Waals surface area contributed by atoms with Gasteiger partial charge in [-0.3, -0.25) is 14.3 Å². The van der Waals surface area contributed by atoms with Crippen molar-refractivity contribution in [1.82, 2.24) is 39.6 Å². The zero-order valence-corrected chi connectivity index (χ0v) is 22.2. The summed E-state index contributed by atoms with van der Waals surface area (Å²) in [4.78, 5) is 31.4. The van der Waals surface area contributed by atoms with Crippen LogP contribution in [-0.4, -0.2) is 40.2 Å². The number of nitrogens with zero attached hydrogens (tertiary/aromatic N) is 7. The van der Waals surface area contributed by atoms with Crippen LogP contribution in [0.1, 0.15) is 39.6 Å². The summed E-state index contributed by atoms with van der Waals surface area (Å²) in [6.45, 7) is 1.84. The lowest BCUT2D eigenvalue weighted by Gasteiger charge is -2.16. The van der Waals surface area contributed by atoms with Crippen LogP contribution in [0.3, 0.4) is 0 Å². The number of hydrogen-bond acceptors (Lipinski definition) is 8. The zero-order chi connectivity index (χ0) is 28.1. The highest BCUT2D eigenvalue weighted by atomic mass is 16.1. The van der Waals surface area contributed by atoms with Crippen LogP contribution in [0.2, 0.25) is 0 Å². The minimum absolute atomic E-state index is 0.128. The number of imidazole rings is 1. The van der Waals surface area contributed by atoms with E-state index in [1.165, 1.54) is 6.20 Å². The second-order valence-electron chi connectivity index (χ2n) is 10.0. The molecule has 1 amide bonds. The van der Waals surface area contributed by atoms with E-state index in [1.54, 1.807) is 23.1 Å². The molecule has 0 fully saturated rings. The number of rotatable bonds is 5. The number of pyridine rings is 3. The molecule has 0 unspecified atom stereocenters. The summed E-state index contributed by atoms with van der Waals surface area (Å²) >= 11 is 0. The quantitative estimate of drug-likeness (QED) is 0.296. The molecule has 41 heavy (non-hydrogen) atoms. The number of nitrogens with two attached hydrogens (primary N) is 2. The number of nitrogens with one attached hydrogen (secondary N) is 1. The smallest absolute Gasteiger partial charge is 0.253 e. The van der Waals surface area contributed by atoms with Crippen LogP contribution in [0.25, 0.3) is 34.1 Å². The first kappa shape index (κ1) is 24.5. The van der Waals surface area contributed by atoms with Gasteiger partial charge in [-0.05, 0) is 79.4 Å². The molecule has 1 aliphatic rings. The summed E-state index contributed by atoms with van der Waals surface area (Å²) in [6.07, 6.45) is 8.33. The van der Waals surface area contributed by atoms with Crippen molar-refractivity contribution in [2.24, 2.45) is 0 Å². The molecule has 6 aromatic rings. The van der Waals surface area contributed by atoms with Crippen LogP contribution in [0.5, 0.6) is 0 Å². The molecule has 7 rings (SSSR count). The van der Waals surface area contributed by atoms with Gasteiger partial charge in [0.2, 0.25) is 0 Å². The van der Waals surface area contributed by atoms with Gasteiger partial charge in [-0.25, -0.2) is 19.6 Å². The number of aryl methyl sites for hydroxylation is 2. The molecule has 1 aromatic carbocycles. The van der Waals surface area contributed by atoms with Gasteiger partial charge in [0, 0.05) is 30.0 Å². The van der Waals surface area contributed by atoms with E-state index in [-0.39, 0.29) is 11.9 Å². The number of aromatic nitrogens is 7. The predicted octanol–water partition coefficient (Wildman–Crippen LogP) is 3.95. The molecule has 0 saturated heterocycles. The number of amides is 1. The molecule has 0 bridgehead atoms. The minimum Gasteiger partial charge on any atom is -0.397 e. The Bertz CT molecular complexity index is 1940. The molecule has 0 radical (unpaired) electrons.